The zero-order chi connectivity index (χ0) is 5.86. The number of rotatable bonds is 2. The fraction of sp³-hybridized carbons (Fsp3) is 1.00. The molecule has 0 amide bonds. The van der Waals surface area contributed by atoms with Crippen molar-refractivity contribution in [2.75, 3.05) is 0 Å². The van der Waals surface area contributed by atoms with E-state index in [4.69, 9.17) is 23.2 Å². The molecular weight excluding hydrogens is 138 g/mol. The summed E-state index contributed by atoms with van der Waals surface area (Å²) >= 11 is 10.3. The Morgan fingerprint density at radius 1 is 1.57 bits per heavy atom. The van der Waals surface area contributed by atoms with Crippen LogP contribution in [0.3, 0.4) is 0 Å². The maximum atomic E-state index is 11.6. The van der Waals surface area contributed by atoms with Crippen LogP contribution in [0.2, 0.25) is 0 Å². The average molecular weight is 145 g/mol. The maximum Gasteiger partial charge on any atom is 0.174 e. The van der Waals surface area contributed by atoms with E-state index in [1.807, 2.05) is 0 Å². The zero-order valence-corrected chi connectivity index (χ0v) is 5.51. The lowest BCUT2D eigenvalue weighted by molar-refractivity contribution is 0.420. The molecular formula is C4H7Cl2F. The van der Waals surface area contributed by atoms with Crippen molar-refractivity contribution in [3.8, 4) is 0 Å². The van der Waals surface area contributed by atoms with E-state index in [1.54, 1.807) is 6.92 Å². The van der Waals surface area contributed by atoms with Gasteiger partial charge in [-0.3, -0.25) is 0 Å². The molecule has 0 aromatic rings. The first-order valence-corrected chi connectivity index (χ1v) is 2.92. The van der Waals surface area contributed by atoms with Gasteiger partial charge in [0.25, 0.3) is 0 Å². The van der Waals surface area contributed by atoms with Crippen molar-refractivity contribution in [3.63, 3.8) is 0 Å². The van der Waals surface area contributed by atoms with Crippen LogP contribution in [0, 0.1) is 0 Å². The van der Waals surface area contributed by atoms with Gasteiger partial charge in [-0.1, -0.05) is 11.6 Å². The third-order valence-electron chi connectivity index (χ3n) is 0.503. The molecule has 0 aliphatic carbocycles. The lowest BCUT2D eigenvalue weighted by atomic mass is 10.4. The molecule has 0 aliphatic rings. The Hall–Kier alpha value is 0.510. The molecule has 3 heteroatoms. The minimum absolute atomic E-state index is 0.160. The molecule has 0 saturated carbocycles. The van der Waals surface area contributed by atoms with Crippen LogP contribution in [0.4, 0.5) is 4.39 Å². The second-order valence-corrected chi connectivity index (χ2v) is 2.63. The molecule has 0 N–H and O–H groups in total. The van der Waals surface area contributed by atoms with Gasteiger partial charge >= 0.3 is 0 Å². The van der Waals surface area contributed by atoms with Gasteiger partial charge in [-0.2, -0.15) is 0 Å². The maximum absolute atomic E-state index is 11.6. The molecule has 0 aliphatic heterocycles. The highest BCUT2D eigenvalue weighted by atomic mass is 35.5. The molecule has 0 aromatic heterocycles. The van der Waals surface area contributed by atoms with Gasteiger partial charge in [0.2, 0.25) is 0 Å². The molecule has 0 radical (unpaired) electrons. The summed E-state index contributed by atoms with van der Waals surface area (Å²) in [6, 6.07) is 0. The highest BCUT2D eigenvalue weighted by Gasteiger charge is 2.03. The smallest absolute Gasteiger partial charge is 0.174 e. The molecule has 44 valence electrons. The van der Waals surface area contributed by atoms with Crippen LogP contribution in [0.1, 0.15) is 13.3 Å². The van der Waals surface area contributed by atoms with Crippen LogP contribution < -0.4 is 0 Å². The van der Waals surface area contributed by atoms with Gasteiger partial charge in [-0.15, -0.1) is 11.6 Å². The minimum atomic E-state index is -1.28. The first kappa shape index (κ1) is 7.51. The van der Waals surface area contributed by atoms with E-state index in [1.165, 1.54) is 0 Å². The first-order valence-electron chi connectivity index (χ1n) is 2.05. The van der Waals surface area contributed by atoms with Crippen molar-refractivity contribution in [2.45, 2.75) is 24.4 Å². The molecule has 0 fully saturated rings. The molecule has 0 nitrogen and oxygen atoms in total. The van der Waals surface area contributed by atoms with Gasteiger partial charge < -0.3 is 0 Å². The van der Waals surface area contributed by atoms with Crippen molar-refractivity contribution >= 4 is 23.2 Å². The summed E-state index contributed by atoms with van der Waals surface area (Å²) in [4.78, 5) is 0. The Balaban J connectivity index is 2.95. The predicted octanol–water partition coefficient (Wildman–Crippen LogP) is 2.54. The lowest BCUT2D eigenvalue weighted by Gasteiger charge is -1.98. The molecule has 2 unspecified atom stereocenters. The van der Waals surface area contributed by atoms with Crippen LogP contribution in [0.15, 0.2) is 0 Å². The second kappa shape index (κ2) is 3.50. The van der Waals surface area contributed by atoms with E-state index in [0.29, 0.717) is 0 Å². The third-order valence-corrected chi connectivity index (χ3v) is 0.859. The SMILES string of the molecule is CC(Cl)CC(F)Cl. The van der Waals surface area contributed by atoms with E-state index in [9.17, 15) is 4.39 Å². The molecule has 0 rings (SSSR count). The van der Waals surface area contributed by atoms with Crippen LogP contribution in [-0.4, -0.2) is 11.0 Å². The van der Waals surface area contributed by atoms with Crippen LogP contribution >= 0.6 is 23.2 Å². The highest BCUT2D eigenvalue weighted by molar-refractivity contribution is 6.22. The van der Waals surface area contributed by atoms with E-state index in [0.717, 1.165) is 0 Å². The molecule has 0 spiro atoms. The summed E-state index contributed by atoms with van der Waals surface area (Å²) in [7, 11) is 0. The quantitative estimate of drug-likeness (QED) is 0.523. The summed E-state index contributed by atoms with van der Waals surface area (Å²) < 4.78 is 11.6. The minimum Gasteiger partial charge on any atom is -0.230 e. The van der Waals surface area contributed by atoms with Gasteiger partial charge in [0.15, 0.2) is 5.63 Å². The number of hydrogen-bond acceptors (Lipinski definition) is 0. The van der Waals surface area contributed by atoms with Gasteiger partial charge in [0.1, 0.15) is 0 Å². The Morgan fingerprint density at radius 3 is 2.00 bits per heavy atom. The van der Waals surface area contributed by atoms with E-state index in [-0.39, 0.29) is 11.8 Å². The third kappa shape index (κ3) is 6.51. The largest absolute Gasteiger partial charge is 0.230 e. The number of alkyl halides is 3. The van der Waals surface area contributed by atoms with Gasteiger partial charge in [0.05, 0.1) is 0 Å². The standard InChI is InChI=1S/C4H7Cl2F/c1-3(5)2-4(6)7/h3-4H,2H2,1H3. The number of halogens is 3. The topological polar surface area (TPSA) is 0 Å². The highest BCUT2D eigenvalue weighted by Crippen LogP contribution is 2.10. The summed E-state index contributed by atoms with van der Waals surface area (Å²) in [5.41, 5.74) is -1.28. The van der Waals surface area contributed by atoms with Crippen LogP contribution in [0.25, 0.3) is 0 Å². The van der Waals surface area contributed by atoms with E-state index in [2.05, 4.69) is 0 Å². The fourth-order valence-electron chi connectivity index (χ4n) is 0.246. The Morgan fingerprint density at radius 2 is 2.00 bits per heavy atom. The summed E-state index contributed by atoms with van der Waals surface area (Å²) in [6.45, 7) is 1.70. The van der Waals surface area contributed by atoms with Crippen molar-refractivity contribution in [1.29, 1.82) is 0 Å². The monoisotopic (exact) mass is 144 g/mol. The van der Waals surface area contributed by atoms with Gasteiger partial charge in [-0.25, -0.2) is 4.39 Å². The van der Waals surface area contributed by atoms with Crippen molar-refractivity contribution < 1.29 is 4.39 Å². The Bertz CT molecular complexity index is 39.0. The molecule has 2 atom stereocenters. The van der Waals surface area contributed by atoms with Gasteiger partial charge in [0, 0.05) is 11.8 Å². The van der Waals surface area contributed by atoms with E-state index < -0.39 is 5.63 Å². The fourth-order valence-corrected chi connectivity index (χ4v) is 0.760. The molecule has 0 heterocycles. The van der Waals surface area contributed by atoms with E-state index >= 15 is 0 Å². The summed E-state index contributed by atoms with van der Waals surface area (Å²) in [6.07, 6.45) is 0.225. The van der Waals surface area contributed by atoms with Crippen LogP contribution in [-0.2, 0) is 0 Å². The molecule has 0 bridgehead atoms. The average Bonchev–Trinajstić information content (AvgIpc) is 1.27. The summed E-state index contributed by atoms with van der Waals surface area (Å²) in [5.74, 6) is 0. The molecule has 0 saturated heterocycles. The Kier molecular flexibility index (Phi) is 3.76. The predicted molar refractivity (Wildman–Crippen MR) is 30.7 cm³/mol. The summed E-state index contributed by atoms with van der Waals surface area (Å²) in [5, 5.41) is -0.160. The van der Waals surface area contributed by atoms with Crippen LogP contribution in [0.5, 0.6) is 0 Å². The van der Waals surface area contributed by atoms with Crippen molar-refractivity contribution in [3.05, 3.63) is 0 Å². The Labute approximate surface area is 52.6 Å². The van der Waals surface area contributed by atoms with Gasteiger partial charge in [-0.05, 0) is 6.92 Å². The van der Waals surface area contributed by atoms with Crippen molar-refractivity contribution in [1.82, 2.24) is 0 Å². The lowest BCUT2D eigenvalue weighted by Crippen LogP contribution is -1.97. The molecule has 0 aromatic carbocycles. The first-order chi connectivity index (χ1) is 3.13. The second-order valence-electron chi connectivity index (χ2n) is 1.41. The van der Waals surface area contributed by atoms with Crippen molar-refractivity contribution in [2.24, 2.45) is 0 Å². The molecule has 7 heavy (non-hydrogen) atoms. The zero-order valence-electron chi connectivity index (χ0n) is 4.00. The normalized spacial score (nSPS) is 18.9. The number of hydrogen-bond donors (Lipinski definition) is 0.